The number of anilines is 3. The van der Waals surface area contributed by atoms with Gasteiger partial charge in [0, 0.05) is 61.8 Å². The van der Waals surface area contributed by atoms with Crippen molar-refractivity contribution in [2.75, 3.05) is 47.8 Å². The molecule has 0 unspecified atom stereocenters. The second-order valence-corrected chi connectivity index (χ2v) is 7.18. The van der Waals surface area contributed by atoms with E-state index in [9.17, 15) is 4.79 Å². The van der Waals surface area contributed by atoms with Gasteiger partial charge in [0.05, 0.1) is 11.2 Å². The third-order valence-corrected chi connectivity index (χ3v) is 5.44. The van der Waals surface area contributed by atoms with E-state index >= 15 is 0 Å². The van der Waals surface area contributed by atoms with Gasteiger partial charge in [0.25, 0.3) is 6.47 Å². The highest BCUT2D eigenvalue weighted by molar-refractivity contribution is 6.07. The molecular formula is C22H24N6O3. The van der Waals surface area contributed by atoms with Crippen LogP contribution in [0.4, 0.5) is 22.0 Å². The Hall–Kier alpha value is -3.72. The monoisotopic (exact) mass is 420 g/mol. The molecule has 0 radical (unpaired) electrons. The number of carbonyl (C=O) groups is 2. The van der Waals surface area contributed by atoms with Gasteiger partial charge in [-0.2, -0.15) is 0 Å². The minimum Gasteiger partial charge on any atom is -0.483 e. The van der Waals surface area contributed by atoms with Gasteiger partial charge in [0.15, 0.2) is 0 Å². The van der Waals surface area contributed by atoms with Crippen molar-refractivity contribution in [2.45, 2.75) is 6.42 Å². The molecule has 9 heteroatoms. The van der Waals surface area contributed by atoms with Gasteiger partial charge < -0.3 is 20.6 Å². The number of nitrogens with zero attached hydrogens (tertiary/aromatic N) is 4. The van der Waals surface area contributed by atoms with Crippen LogP contribution in [0.1, 0.15) is 5.56 Å². The maximum absolute atomic E-state index is 13.0. The molecule has 1 saturated heterocycles. The van der Waals surface area contributed by atoms with Crippen LogP contribution in [0.5, 0.6) is 0 Å². The molecule has 31 heavy (non-hydrogen) atoms. The zero-order valence-electron chi connectivity index (χ0n) is 17.0. The topological polar surface area (TPSA) is 111 Å². The summed E-state index contributed by atoms with van der Waals surface area (Å²) in [5.41, 5.74) is 4.00. The molecule has 0 spiro atoms. The number of nitrogens with one attached hydrogen (secondary N) is 2. The number of carboxylic acid groups (broad SMARTS) is 1. The molecule has 5 rings (SSSR count). The molecule has 2 aliphatic rings. The Labute approximate surface area is 179 Å². The van der Waals surface area contributed by atoms with Gasteiger partial charge in [-0.05, 0) is 24.6 Å². The molecule has 2 aliphatic heterocycles. The minimum atomic E-state index is -0.250. The molecule has 3 aromatic rings. The number of pyridine rings is 2. The Morgan fingerprint density at radius 2 is 1.81 bits per heavy atom. The Kier molecular flexibility index (Phi) is 6.23. The largest absolute Gasteiger partial charge is 0.483 e. The Morgan fingerprint density at radius 1 is 1.06 bits per heavy atom. The van der Waals surface area contributed by atoms with Crippen molar-refractivity contribution in [2.24, 2.45) is 0 Å². The van der Waals surface area contributed by atoms with E-state index in [0.717, 1.165) is 55.0 Å². The molecule has 4 heterocycles. The van der Waals surface area contributed by atoms with Crippen molar-refractivity contribution in [3.05, 3.63) is 54.4 Å². The molecule has 160 valence electrons. The molecule has 0 aliphatic carbocycles. The SMILES string of the molecule is O=C(Nc1ccnc2ccccc12)N1CCc2c(N3CCNCC3)ccnc21.O=CO. The van der Waals surface area contributed by atoms with E-state index in [1.165, 1.54) is 11.3 Å². The Bertz CT molecular complexity index is 1080. The standard InChI is InChI=1S/C21H22N6O.CH2O2/c28-21(25-18-5-8-23-17-4-2-1-3-15(17)18)27-12-7-16-19(6-9-24-20(16)27)26-13-10-22-11-14-26;2-1-3/h1-6,8-9,22H,7,10-14H2,(H,23,25,28);1H,(H,2,3). The quantitative estimate of drug-likeness (QED) is 0.546. The predicted molar refractivity (Wildman–Crippen MR) is 120 cm³/mol. The fourth-order valence-electron chi connectivity index (χ4n) is 4.06. The predicted octanol–water partition coefficient (Wildman–Crippen LogP) is 2.33. The Morgan fingerprint density at radius 3 is 2.61 bits per heavy atom. The van der Waals surface area contributed by atoms with Gasteiger partial charge in [-0.1, -0.05) is 18.2 Å². The van der Waals surface area contributed by atoms with Gasteiger partial charge in [0.1, 0.15) is 5.82 Å². The summed E-state index contributed by atoms with van der Waals surface area (Å²) in [5.74, 6) is 0.770. The molecule has 9 nitrogen and oxygen atoms in total. The van der Waals surface area contributed by atoms with Gasteiger partial charge in [-0.15, -0.1) is 0 Å². The maximum atomic E-state index is 13.0. The number of carbonyl (C=O) groups excluding carboxylic acids is 1. The van der Waals surface area contributed by atoms with Crippen LogP contribution in [0.2, 0.25) is 0 Å². The summed E-state index contributed by atoms with van der Waals surface area (Å²) in [6.45, 7) is 4.31. The molecule has 0 atom stereocenters. The number of para-hydroxylation sites is 1. The van der Waals surface area contributed by atoms with Crippen molar-refractivity contribution in [1.82, 2.24) is 15.3 Å². The molecule has 0 saturated carbocycles. The van der Waals surface area contributed by atoms with Gasteiger partial charge in [-0.25, -0.2) is 9.78 Å². The number of hydrogen-bond acceptors (Lipinski definition) is 6. The van der Waals surface area contributed by atoms with Crippen molar-refractivity contribution in [3.8, 4) is 0 Å². The average molecular weight is 420 g/mol. The van der Waals surface area contributed by atoms with Crippen LogP contribution in [-0.4, -0.2) is 60.3 Å². The van der Waals surface area contributed by atoms with Gasteiger partial charge in [0.2, 0.25) is 0 Å². The van der Waals surface area contributed by atoms with Crippen molar-refractivity contribution in [1.29, 1.82) is 0 Å². The van der Waals surface area contributed by atoms with Gasteiger partial charge >= 0.3 is 6.03 Å². The summed E-state index contributed by atoms with van der Waals surface area (Å²) in [6.07, 6.45) is 4.35. The lowest BCUT2D eigenvalue weighted by Crippen LogP contribution is -2.43. The number of aromatic nitrogens is 2. The summed E-state index contributed by atoms with van der Waals surface area (Å²) in [7, 11) is 0. The number of hydrogen-bond donors (Lipinski definition) is 3. The Balaban J connectivity index is 0.000000730. The second-order valence-electron chi connectivity index (χ2n) is 7.18. The highest BCUT2D eigenvalue weighted by atomic mass is 16.3. The highest BCUT2D eigenvalue weighted by Gasteiger charge is 2.30. The molecule has 3 N–H and O–H groups in total. The summed E-state index contributed by atoms with van der Waals surface area (Å²) in [5, 5.41) is 14.3. The number of piperazine rings is 1. The second kappa shape index (κ2) is 9.40. The van der Waals surface area contributed by atoms with E-state index in [2.05, 4.69) is 31.6 Å². The van der Waals surface area contributed by atoms with E-state index in [0.29, 0.717) is 6.54 Å². The van der Waals surface area contributed by atoms with E-state index in [1.807, 2.05) is 36.5 Å². The zero-order valence-corrected chi connectivity index (χ0v) is 17.0. The number of benzene rings is 1. The third kappa shape index (κ3) is 4.26. The van der Waals surface area contributed by atoms with Crippen LogP contribution in [0, 0.1) is 0 Å². The van der Waals surface area contributed by atoms with Crippen LogP contribution in [0.3, 0.4) is 0 Å². The highest BCUT2D eigenvalue weighted by Crippen LogP contribution is 2.34. The molecule has 2 aromatic heterocycles. The third-order valence-electron chi connectivity index (χ3n) is 5.44. The van der Waals surface area contributed by atoms with Crippen LogP contribution in [0.15, 0.2) is 48.8 Å². The van der Waals surface area contributed by atoms with E-state index in [4.69, 9.17) is 9.90 Å². The summed E-state index contributed by atoms with van der Waals surface area (Å²) in [4.78, 5) is 34.4. The fraction of sp³-hybridized carbons (Fsp3) is 0.273. The van der Waals surface area contributed by atoms with E-state index < -0.39 is 0 Å². The lowest BCUT2D eigenvalue weighted by atomic mass is 10.1. The molecular weight excluding hydrogens is 396 g/mol. The number of urea groups is 1. The summed E-state index contributed by atoms with van der Waals surface area (Å²) < 4.78 is 0. The summed E-state index contributed by atoms with van der Waals surface area (Å²) in [6, 6.07) is 11.6. The summed E-state index contributed by atoms with van der Waals surface area (Å²) >= 11 is 0. The van der Waals surface area contributed by atoms with Crippen LogP contribution >= 0.6 is 0 Å². The first-order valence-electron chi connectivity index (χ1n) is 10.2. The minimum absolute atomic E-state index is 0.153. The van der Waals surface area contributed by atoms with E-state index in [1.54, 1.807) is 11.1 Å². The van der Waals surface area contributed by atoms with Crippen LogP contribution in [0.25, 0.3) is 10.9 Å². The first-order valence-corrected chi connectivity index (χ1v) is 10.2. The maximum Gasteiger partial charge on any atom is 0.327 e. The van der Waals surface area contributed by atoms with Crippen molar-refractivity contribution in [3.63, 3.8) is 0 Å². The number of rotatable bonds is 2. The lowest BCUT2D eigenvalue weighted by Gasteiger charge is -2.31. The zero-order chi connectivity index (χ0) is 21.6. The lowest BCUT2D eigenvalue weighted by molar-refractivity contribution is -0.122. The average Bonchev–Trinajstić information content (AvgIpc) is 3.25. The first-order chi connectivity index (χ1) is 15.2. The molecule has 2 amide bonds. The van der Waals surface area contributed by atoms with Crippen LogP contribution < -0.4 is 20.4 Å². The number of fused-ring (bicyclic) bond motifs is 2. The molecule has 0 bridgehead atoms. The van der Waals surface area contributed by atoms with Crippen molar-refractivity contribution < 1.29 is 14.7 Å². The smallest absolute Gasteiger partial charge is 0.327 e. The van der Waals surface area contributed by atoms with E-state index in [-0.39, 0.29) is 12.5 Å². The first kappa shape index (κ1) is 20.5. The van der Waals surface area contributed by atoms with Crippen LogP contribution in [-0.2, 0) is 11.2 Å². The number of amides is 2. The van der Waals surface area contributed by atoms with Crippen molar-refractivity contribution >= 4 is 40.6 Å². The fourth-order valence-corrected chi connectivity index (χ4v) is 4.06. The normalized spacial score (nSPS) is 15.1. The molecule has 1 fully saturated rings. The molecule has 1 aromatic carbocycles. The van der Waals surface area contributed by atoms with Gasteiger partial charge in [-0.3, -0.25) is 14.7 Å².